The fourth-order valence-electron chi connectivity index (χ4n) is 1.56. The maximum absolute atomic E-state index is 11.5. The molecule has 1 heterocycles. The quantitative estimate of drug-likeness (QED) is 0.594. The first kappa shape index (κ1) is 11.9. The van der Waals surface area contributed by atoms with Crippen LogP contribution in [0.1, 0.15) is 6.42 Å². The van der Waals surface area contributed by atoms with Gasteiger partial charge in [0.2, 0.25) is 11.8 Å². The zero-order valence-electron chi connectivity index (χ0n) is 8.93. The van der Waals surface area contributed by atoms with Crippen LogP contribution in [0.4, 0.5) is 0 Å². The van der Waals surface area contributed by atoms with Crippen LogP contribution in [0.5, 0.6) is 0 Å². The fraction of sp³-hybridized carbons (Fsp3) is 0.778. The summed E-state index contributed by atoms with van der Waals surface area (Å²) in [5.41, 5.74) is 5.14. The van der Waals surface area contributed by atoms with E-state index >= 15 is 0 Å². The largest absolute Gasteiger partial charge is 0.369 e. The number of likely N-dealkylation sites (tertiary alicyclic amines) is 1. The first-order chi connectivity index (χ1) is 7.08. The molecule has 2 amide bonds. The zero-order valence-corrected chi connectivity index (χ0v) is 8.93. The Morgan fingerprint density at radius 3 is 2.60 bits per heavy atom. The molecule has 0 saturated carbocycles. The molecule has 1 unspecified atom stereocenters. The van der Waals surface area contributed by atoms with Crippen molar-refractivity contribution in [1.29, 1.82) is 0 Å². The van der Waals surface area contributed by atoms with Crippen molar-refractivity contribution in [3.8, 4) is 0 Å². The van der Waals surface area contributed by atoms with Crippen LogP contribution < -0.4 is 5.73 Å². The van der Waals surface area contributed by atoms with Crippen molar-refractivity contribution < 1.29 is 19.1 Å². The van der Waals surface area contributed by atoms with Crippen molar-refractivity contribution in [3.05, 3.63) is 0 Å². The van der Waals surface area contributed by atoms with Crippen molar-refractivity contribution in [1.82, 2.24) is 4.90 Å². The van der Waals surface area contributed by atoms with Crippen LogP contribution in [-0.2, 0) is 19.1 Å². The second-order valence-electron chi connectivity index (χ2n) is 3.50. The highest BCUT2D eigenvalue weighted by Gasteiger charge is 2.34. The molecular weight excluding hydrogens is 200 g/mol. The Morgan fingerprint density at radius 1 is 1.60 bits per heavy atom. The van der Waals surface area contributed by atoms with E-state index in [2.05, 4.69) is 0 Å². The molecule has 1 atom stereocenters. The minimum Gasteiger partial charge on any atom is -0.369 e. The van der Waals surface area contributed by atoms with Gasteiger partial charge >= 0.3 is 0 Å². The summed E-state index contributed by atoms with van der Waals surface area (Å²) < 4.78 is 9.95. The molecule has 2 N–H and O–H groups in total. The van der Waals surface area contributed by atoms with Gasteiger partial charge in [0.25, 0.3) is 0 Å². The molecule has 0 radical (unpaired) electrons. The van der Waals surface area contributed by atoms with Crippen LogP contribution in [0.3, 0.4) is 0 Å². The lowest BCUT2D eigenvalue weighted by Gasteiger charge is -2.21. The average Bonchev–Trinajstić information content (AvgIpc) is 2.56. The summed E-state index contributed by atoms with van der Waals surface area (Å²) in [5, 5.41) is 0. The molecule has 6 nitrogen and oxygen atoms in total. The molecule has 1 aliphatic rings. The number of methoxy groups -OCH3 is 2. The number of carbonyl (C=O) groups is 2. The van der Waals surface area contributed by atoms with Gasteiger partial charge in [0, 0.05) is 27.2 Å². The molecule has 1 saturated heterocycles. The highest BCUT2D eigenvalue weighted by molar-refractivity contribution is 5.88. The monoisotopic (exact) mass is 216 g/mol. The van der Waals surface area contributed by atoms with Crippen LogP contribution in [0.2, 0.25) is 0 Å². The minimum atomic E-state index is -0.458. The summed E-state index contributed by atoms with van der Waals surface area (Å²) in [4.78, 5) is 23.9. The predicted octanol–water partition coefficient (Wildman–Crippen LogP) is -1.06. The summed E-state index contributed by atoms with van der Waals surface area (Å²) in [6.45, 7) is 0.688. The van der Waals surface area contributed by atoms with Crippen molar-refractivity contribution >= 4 is 11.8 Å². The van der Waals surface area contributed by atoms with E-state index < -0.39 is 12.2 Å². The number of amides is 2. The summed E-state index contributed by atoms with van der Waals surface area (Å²) in [5.74, 6) is -0.901. The van der Waals surface area contributed by atoms with Gasteiger partial charge in [-0.25, -0.2) is 0 Å². The van der Waals surface area contributed by atoms with Gasteiger partial charge in [0.05, 0.1) is 12.5 Å². The SMILES string of the molecule is COC(CN1CC(C(N)=O)CC1=O)OC. The van der Waals surface area contributed by atoms with Gasteiger partial charge in [-0.2, -0.15) is 0 Å². The number of primary amides is 1. The molecule has 0 aromatic carbocycles. The van der Waals surface area contributed by atoms with Gasteiger partial charge in [0.1, 0.15) is 0 Å². The van der Waals surface area contributed by atoms with Crippen LogP contribution >= 0.6 is 0 Å². The van der Waals surface area contributed by atoms with Gasteiger partial charge in [-0.3, -0.25) is 9.59 Å². The Kier molecular flexibility index (Phi) is 4.05. The predicted molar refractivity (Wildman–Crippen MR) is 51.7 cm³/mol. The second kappa shape index (κ2) is 5.09. The summed E-state index contributed by atoms with van der Waals surface area (Å²) in [7, 11) is 3.00. The summed E-state index contributed by atoms with van der Waals surface area (Å²) in [6, 6.07) is 0. The first-order valence-electron chi connectivity index (χ1n) is 4.71. The van der Waals surface area contributed by atoms with Crippen molar-refractivity contribution in [2.75, 3.05) is 27.3 Å². The molecule has 86 valence electrons. The Hall–Kier alpha value is -1.14. The third-order valence-corrected chi connectivity index (χ3v) is 2.51. The molecule has 1 rings (SSSR count). The van der Waals surface area contributed by atoms with Crippen LogP contribution in [-0.4, -0.2) is 50.3 Å². The molecule has 0 aromatic rings. The highest BCUT2D eigenvalue weighted by atomic mass is 16.7. The Balaban J connectivity index is 2.50. The first-order valence-corrected chi connectivity index (χ1v) is 4.71. The molecule has 6 heteroatoms. The number of rotatable bonds is 5. The third kappa shape index (κ3) is 2.90. The van der Waals surface area contributed by atoms with Gasteiger partial charge in [-0.05, 0) is 0 Å². The van der Waals surface area contributed by atoms with E-state index in [4.69, 9.17) is 15.2 Å². The van der Waals surface area contributed by atoms with Crippen LogP contribution in [0, 0.1) is 5.92 Å². The highest BCUT2D eigenvalue weighted by Crippen LogP contribution is 2.17. The van der Waals surface area contributed by atoms with Crippen molar-refractivity contribution in [2.24, 2.45) is 11.7 Å². The van der Waals surface area contributed by atoms with E-state index in [1.54, 1.807) is 0 Å². The Morgan fingerprint density at radius 2 is 2.20 bits per heavy atom. The zero-order chi connectivity index (χ0) is 11.4. The standard InChI is InChI=1S/C9H16N2O4/c1-14-8(15-2)5-11-4-6(9(10)13)3-7(11)12/h6,8H,3-5H2,1-2H3,(H2,10,13). The van der Waals surface area contributed by atoms with E-state index in [1.807, 2.05) is 0 Å². The molecule has 1 fully saturated rings. The van der Waals surface area contributed by atoms with Gasteiger partial charge in [-0.15, -0.1) is 0 Å². The van der Waals surface area contributed by atoms with Gasteiger partial charge < -0.3 is 20.1 Å². The fourth-order valence-corrected chi connectivity index (χ4v) is 1.56. The lowest BCUT2D eigenvalue weighted by atomic mass is 10.1. The number of ether oxygens (including phenoxy) is 2. The number of nitrogens with two attached hydrogens (primary N) is 1. The summed E-state index contributed by atoms with van der Waals surface area (Å²) in [6.07, 6.45) is -0.268. The maximum atomic E-state index is 11.5. The second-order valence-corrected chi connectivity index (χ2v) is 3.50. The molecule has 0 aromatic heterocycles. The van der Waals surface area contributed by atoms with E-state index in [-0.39, 0.29) is 18.2 Å². The lowest BCUT2D eigenvalue weighted by molar-refractivity contribution is -0.141. The topological polar surface area (TPSA) is 81.9 Å². The van der Waals surface area contributed by atoms with Crippen molar-refractivity contribution in [3.63, 3.8) is 0 Å². The van der Waals surface area contributed by atoms with Gasteiger partial charge in [0.15, 0.2) is 6.29 Å². The third-order valence-electron chi connectivity index (χ3n) is 2.51. The van der Waals surface area contributed by atoms with Crippen LogP contribution in [0.15, 0.2) is 0 Å². The van der Waals surface area contributed by atoms with E-state index in [1.165, 1.54) is 19.1 Å². The normalized spacial score (nSPS) is 21.4. The minimum absolute atomic E-state index is 0.0853. The smallest absolute Gasteiger partial charge is 0.223 e. The molecule has 0 aliphatic carbocycles. The van der Waals surface area contributed by atoms with Crippen LogP contribution in [0.25, 0.3) is 0 Å². The van der Waals surface area contributed by atoms with E-state index in [0.29, 0.717) is 13.1 Å². The number of nitrogens with zero attached hydrogens (tertiary/aromatic N) is 1. The number of hydrogen-bond donors (Lipinski definition) is 1. The number of carbonyl (C=O) groups excluding carboxylic acids is 2. The van der Waals surface area contributed by atoms with E-state index in [9.17, 15) is 9.59 Å². The molecule has 15 heavy (non-hydrogen) atoms. The number of hydrogen-bond acceptors (Lipinski definition) is 4. The molecular formula is C9H16N2O4. The molecule has 0 spiro atoms. The van der Waals surface area contributed by atoms with Crippen molar-refractivity contribution in [2.45, 2.75) is 12.7 Å². The Bertz CT molecular complexity index is 252. The molecule has 1 aliphatic heterocycles. The molecule has 0 bridgehead atoms. The average molecular weight is 216 g/mol. The Labute approximate surface area is 88.3 Å². The maximum Gasteiger partial charge on any atom is 0.223 e. The lowest BCUT2D eigenvalue weighted by Crippen LogP contribution is -2.36. The van der Waals surface area contributed by atoms with E-state index in [0.717, 1.165) is 0 Å². The van der Waals surface area contributed by atoms with Gasteiger partial charge in [-0.1, -0.05) is 0 Å². The summed E-state index contributed by atoms with van der Waals surface area (Å²) >= 11 is 0.